The minimum atomic E-state index is 1.00. The molecule has 3 rings (SSSR count). The molecule has 4 heteroatoms. The monoisotopic (exact) mass is 278 g/mol. The summed E-state index contributed by atoms with van der Waals surface area (Å²) in [6.45, 7) is 0. The summed E-state index contributed by atoms with van der Waals surface area (Å²) in [7, 11) is 0. The fraction of sp³-hybridized carbons (Fsp3) is 0. The molecule has 15 heavy (non-hydrogen) atoms. The van der Waals surface area contributed by atoms with Gasteiger partial charge in [-0.1, -0.05) is 30.3 Å². The van der Waals surface area contributed by atoms with E-state index in [0.29, 0.717) is 0 Å². The molecular formula is C11H7BrN2S. The second-order valence-corrected chi connectivity index (χ2v) is 4.80. The summed E-state index contributed by atoms with van der Waals surface area (Å²) in [4.78, 5) is 5.59. The minimum Gasteiger partial charge on any atom is -0.284 e. The molecule has 2 heterocycles. The maximum absolute atomic E-state index is 4.58. The molecule has 0 amide bonds. The Balaban J connectivity index is 2.27. The van der Waals surface area contributed by atoms with Crippen molar-refractivity contribution in [2.75, 3.05) is 0 Å². The standard InChI is InChI=1S/C11H7BrN2S/c12-10-9(8-4-2-1-3-5-8)13-11-14(10)6-7-15-11/h1-7H. The number of hydrogen-bond acceptors (Lipinski definition) is 2. The summed E-state index contributed by atoms with van der Waals surface area (Å²) in [6.07, 6.45) is 2.02. The van der Waals surface area contributed by atoms with Crippen LogP contribution in [-0.4, -0.2) is 9.38 Å². The number of nitrogens with zero attached hydrogens (tertiary/aromatic N) is 2. The molecule has 2 nitrogen and oxygen atoms in total. The van der Waals surface area contributed by atoms with Crippen LogP contribution >= 0.6 is 27.3 Å². The largest absolute Gasteiger partial charge is 0.284 e. The lowest BCUT2D eigenvalue weighted by Crippen LogP contribution is -1.78. The molecule has 0 bridgehead atoms. The number of benzene rings is 1. The van der Waals surface area contributed by atoms with Gasteiger partial charge < -0.3 is 0 Å². The lowest BCUT2D eigenvalue weighted by Gasteiger charge is -1.96. The van der Waals surface area contributed by atoms with Crippen molar-refractivity contribution in [2.24, 2.45) is 0 Å². The molecular weight excluding hydrogens is 272 g/mol. The van der Waals surface area contributed by atoms with Crippen molar-refractivity contribution in [3.8, 4) is 11.3 Å². The number of halogens is 1. The average molecular weight is 279 g/mol. The zero-order valence-corrected chi connectivity index (χ0v) is 10.1. The number of hydrogen-bond donors (Lipinski definition) is 0. The quantitative estimate of drug-likeness (QED) is 0.661. The number of thiazole rings is 1. The molecule has 0 radical (unpaired) electrons. The number of fused-ring (bicyclic) bond motifs is 1. The van der Waals surface area contributed by atoms with Crippen molar-refractivity contribution < 1.29 is 0 Å². The van der Waals surface area contributed by atoms with Crippen molar-refractivity contribution in [3.63, 3.8) is 0 Å². The van der Waals surface area contributed by atoms with E-state index in [1.54, 1.807) is 11.3 Å². The highest BCUT2D eigenvalue weighted by molar-refractivity contribution is 9.10. The molecule has 0 spiro atoms. The van der Waals surface area contributed by atoms with Gasteiger partial charge in [0.15, 0.2) is 4.96 Å². The summed E-state index contributed by atoms with van der Waals surface area (Å²) in [5.74, 6) is 0. The van der Waals surface area contributed by atoms with Crippen LogP contribution in [0.4, 0.5) is 0 Å². The highest BCUT2D eigenvalue weighted by Crippen LogP contribution is 2.30. The molecule has 0 aliphatic rings. The fourth-order valence-electron chi connectivity index (χ4n) is 1.54. The smallest absolute Gasteiger partial charge is 0.195 e. The van der Waals surface area contributed by atoms with E-state index < -0.39 is 0 Å². The number of imidazole rings is 1. The van der Waals surface area contributed by atoms with E-state index >= 15 is 0 Å². The summed E-state index contributed by atoms with van der Waals surface area (Å²) in [5, 5.41) is 2.03. The molecule has 2 aromatic heterocycles. The first-order valence-corrected chi connectivity index (χ1v) is 6.20. The molecule has 3 aromatic rings. The van der Waals surface area contributed by atoms with Crippen LogP contribution in [-0.2, 0) is 0 Å². The van der Waals surface area contributed by atoms with E-state index in [0.717, 1.165) is 20.8 Å². The molecule has 74 valence electrons. The second kappa shape index (κ2) is 3.47. The van der Waals surface area contributed by atoms with Crippen molar-refractivity contribution in [1.29, 1.82) is 0 Å². The van der Waals surface area contributed by atoms with E-state index in [1.807, 2.05) is 34.2 Å². The predicted octanol–water partition coefficient (Wildman–Crippen LogP) is 3.83. The van der Waals surface area contributed by atoms with Gasteiger partial charge in [-0.05, 0) is 15.9 Å². The van der Waals surface area contributed by atoms with Crippen molar-refractivity contribution in [3.05, 3.63) is 46.5 Å². The van der Waals surface area contributed by atoms with Gasteiger partial charge in [-0.3, -0.25) is 4.40 Å². The van der Waals surface area contributed by atoms with Crippen LogP contribution in [0.3, 0.4) is 0 Å². The first-order chi connectivity index (χ1) is 7.36. The molecule has 0 N–H and O–H groups in total. The normalized spacial score (nSPS) is 11.0. The Hall–Kier alpha value is -1.13. The van der Waals surface area contributed by atoms with Gasteiger partial charge in [0.05, 0.1) is 0 Å². The highest BCUT2D eigenvalue weighted by Gasteiger charge is 2.11. The highest BCUT2D eigenvalue weighted by atomic mass is 79.9. The van der Waals surface area contributed by atoms with Gasteiger partial charge >= 0.3 is 0 Å². The van der Waals surface area contributed by atoms with Crippen LogP contribution < -0.4 is 0 Å². The van der Waals surface area contributed by atoms with Crippen LogP contribution in [0.25, 0.3) is 16.2 Å². The summed E-state index contributed by atoms with van der Waals surface area (Å²) in [5.41, 5.74) is 2.14. The lowest BCUT2D eigenvalue weighted by atomic mass is 10.2. The van der Waals surface area contributed by atoms with Gasteiger partial charge in [-0.2, -0.15) is 0 Å². The van der Waals surface area contributed by atoms with Gasteiger partial charge in [-0.15, -0.1) is 11.3 Å². The van der Waals surface area contributed by atoms with Crippen molar-refractivity contribution >= 4 is 32.2 Å². The molecule has 0 saturated heterocycles. The third kappa shape index (κ3) is 1.41. The van der Waals surface area contributed by atoms with Crippen LogP contribution in [0.1, 0.15) is 0 Å². The Morgan fingerprint density at radius 3 is 2.73 bits per heavy atom. The zero-order valence-electron chi connectivity index (χ0n) is 7.72. The first-order valence-electron chi connectivity index (χ1n) is 4.53. The van der Waals surface area contributed by atoms with E-state index in [9.17, 15) is 0 Å². The Bertz CT molecular complexity index is 597. The molecule has 1 aromatic carbocycles. The molecule has 0 fully saturated rings. The molecule has 0 atom stereocenters. The van der Waals surface area contributed by atoms with E-state index in [1.165, 1.54) is 0 Å². The maximum Gasteiger partial charge on any atom is 0.195 e. The van der Waals surface area contributed by atoms with Crippen LogP contribution in [0.2, 0.25) is 0 Å². The van der Waals surface area contributed by atoms with Crippen molar-refractivity contribution in [1.82, 2.24) is 9.38 Å². The number of aromatic nitrogens is 2. The third-order valence-corrected chi connectivity index (χ3v) is 3.77. The molecule has 0 aliphatic carbocycles. The predicted molar refractivity (Wildman–Crippen MR) is 66.2 cm³/mol. The average Bonchev–Trinajstić information content (AvgIpc) is 2.83. The van der Waals surface area contributed by atoms with Gasteiger partial charge in [0.25, 0.3) is 0 Å². The SMILES string of the molecule is Brc1c(-c2ccccc2)nc2sccn12. The Morgan fingerprint density at radius 1 is 1.20 bits per heavy atom. The third-order valence-electron chi connectivity index (χ3n) is 2.25. The van der Waals surface area contributed by atoms with E-state index in [-0.39, 0.29) is 0 Å². The van der Waals surface area contributed by atoms with Crippen LogP contribution in [0.5, 0.6) is 0 Å². The van der Waals surface area contributed by atoms with Crippen molar-refractivity contribution in [2.45, 2.75) is 0 Å². The first kappa shape index (κ1) is 9.12. The fourth-order valence-corrected chi connectivity index (χ4v) is 2.97. The summed E-state index contributed by atoms with van der Waals surface area (Å²) < 4.78 is 3.07. The molecule has 0 saturated carbocycles. The minimum absolute atomic E-state index is 1.00. The second-order valence-electron chi connectivity index (χ2n) is 3.17. The van der Waals surface area contributed by atoms with Crippen LogP contribution in [0, 0.1) is 0 Å². The maximum atomic E-state index is 4.58. The van der Waals surface area contributed by atoms with Gasteiger partial charge in [0, 0.05) is 17.1 Å². The molecule has 0 aliphatic heterocycles. The van der Waals surface area contributed by atoms with Gasteiger partial charge in [-0.25, -0.2) is 4.98 Å². The Morgan fingerprint density at radius 2 is 2.00 bits per heavy atom. The summed E-state index contributed by atoms with van der Waals surface area (Å²) >= 11 is 5.21. The van der Waals surface area contributed by atoms with Gasteiger partial charge in [0.2, 0.25) is 0 Å². The molecule has 0 unspecified atom stereocenters. The van der Waals surface area contributed by atoms with Gasteiger partial charge in [0.1, 0.15) is 10.3 Å². The zero-order chi connectivity index (χ0) is 10.3. The van der Waals surface area contributed by atoms with Crippen LogP contribution in [0.15, 0.2) is 46.5 Å². The Kier molecular flexibility index (Phi) is 2.11. The van der Waals surface area contributed by atoms with E-state index in [4.69, 9.17) is 0 Å². The Labute approximate surface area is 99.3 Å². The lowest BCUT2D eigenvalue weighted by molar-refractivity contribution is 1.19. The number of rotatable bonds is 1. The topological polar surface area (TPSA) is 17.3 Å². The summed E-state index contributed by atoms with van der Waals surface area (Å²) in [6, 6.07) is 10.2. The van der Waals surface area contributed by atoms with E-state index in [2.05, 4.69) is 33.0 Å².